The molecular formula is C42H28BNOSSi. The molecule has 0 fully saturated rings. The van der Waals surface area contributed by atoms with Gasteiger partial charge in [0.2, 0.25) is 0 Å². The first kappa shape index (κ1) is 26.9. The zero-order chi connectivity index (χ0) is 31.0. The Morgan fingerprint density at radius 2 is 1.00 bits per heavy atom. The average molecular weight is 634 g/mol. The molecule has 7 aromatic rings. The van der Waals surface area contributed by atoms with Gasteiger partial charge in [-0.2, -0.15) is 0 Å². The highest BCUT2D eigenvalue weighted by atomic mass is 32.2. The smallest absolute Gasteiger partial charge is 0.253 e. The van der Waals surface area contributed by atoms with E-state index in [0.717, 1.165) is 11.5 Å². The summed E-state index contributed by atoms with van der Waals surface area (Å²) < 4.78 is 6.47. The Morgan fingerprint density at radius 1 is 0.468 bits per heavy atom. The number of hydrogen-bond acceptors (Lipinski definition) is 3. The number of nitrogens with zero attached hydrogens (tertiary/aromatic N) is 1. The summed E-state index contributed by atoms with van der Waals surface area (Å²) in [6.07, 6.45) is 0. The third-order valence-electron chi connectivity index (χ3n) is 10.1. The van der Waals surface area contributed by atoms with Crippen LogP contribution in [-0.4, -0.2) is 14.8 Å². The second-order valence-electron chi connectivity index (χ2n) is 12.4. The number of ether oxygens (including phenoxy) is 1. The maximum absolute atomic E-state index is 6.47. The van der Waals surface area contributed by atoms with Crippen LogP contribution in [0.2, 0.25) is 0 Å². The summed E-state index contributed by atoms with van der Waals surface area (Å²) in [5.41, 5.74) is 7.57. The zero-order valence-corrected chi connectivity index (χ0v) is 27.3. The van der Waals surface area contributed by atoms with Crippen molar-refractivity contribution in [1.29, 1.82) is 0 Å². The van der Waals surface area contributed by atoms with Crippen LogP contribution >= 0.6 is 11.8 Å². The summed E-state index contributed by atoms with van der Waals surface area (Å²) in [4.78, 5) is 5.11. The predicted molar refractivity (Wildman–Crippen MR) is 200 cm³/mol. The Kier molecular flexibility index (Phi) is 5.96. The number of para-hydroxylation sites is 3. The van der Waals surface area contributed by atoms with Crippen molar-refractivity contribution in [2.75, 3.05) is 4.90 Å². The van der Waals surface area contributed by atoms with E-state index in [1.54, 1.807) is 0 Å². The molecule has 0 amide bonds. The van der Waals surface area contributed by atoms with Gasteiger partial charge in [-0.15, -0.1) is 0 Å². The van der Waals surface area contributed by atoms with Crippen LogP contribution in [-0.2, 0) is 0 Å². The van der Waals surface area contributed by atoms with E-state index in [1.807, 2.05) is 11.8 Å². The normalized spacial score (nSPS) is 14.6. The molecule has 0 saturated carbocycles. The Hall–Kier alpha value is -5.23. The molecule has 7 aromatic carbocycles. The van der Waals surface area contributed by atoms with Gasteiger partial charge in [-0.1, -0.05) is 151 Å². The molecule has 2 nitrogen and oxygen atoms in total. The lowest BCUT2D eigenvalue weighted by Gasteiger charge is -2.45. The lowest BCUT2D eigenvalue weighted by Crippen LogP contribution is -2.77. The van der Waals surface area contributed by atoms with Crippen molar-refractivity contribution >= 4 is 80.7 Å². The minimum atomic E-state index is -2.68. The summed E-state index contributed by atoms with van der Waals surface area (Å²) >= 11 is 1.88. The maximum Gasteiger partial charge on any atom is 0.253 e. The minimum absolute atomic E-state index is 0.111. The molecule has 0 aromatic heterocycles. The van der Waals surface area contributed by atoms with Gasteiger partial charge < -0.3 is 9.64 Å². The fraction of sp³-hybridized carbons (Fsp3) is 0. The van der Waals surface area contributed by atoms with Crippen molar-refractivity contribution in [2.24, 2.45) is 0 Å². The first-order valence-electron chi connectivity index (χ1n) is 16.1. The lowest BCUT2D eigenvalue weighted by atomic mass is 9.35. The summed E-state index contributed by atoms with van der Waals surface area (Å²) in [7, 11) is -2.68. The van der Waals surface area contributed by atoms with E-state index in [1.165, 1.54) is 64.0 Å². The van der Waals surface area contributed by atoms with Gasteiger partial charge >= 0.3 is 0 Å². The van der Waals surface area contributed by atoms with Crippen molar-refractivity contribution in [2.45, 2.75) is 9.79 Å². The monoisotopic (exact) mass is 633 g/mol. The molecule has 0 spiro atoms. The Morgan fingerprint density at radius 3 is 1.70 bits per heavy atom. The van der Waals surface area contributed by atoms with Crippen LogP contribution < -0.4 is 46.8 Å². The van der Waals surface area contributed by atoms with E-state index in [2.05, 4.69) is 175 Å². The summed E-state index contributed by atoms with van der Waals surface area (Å²) in [6.45, 7) is 0.111. The first-order chi connectivity index (χ1) is 23.3. The van der Waals surface area contributed by atoms with Gasteiger partial charge in [0.25, 0.3) is 6.71 Å². The second kappa shape index (κ2) is 10.4. The lowest BCUT2D eigenvalue weighted by molar-refractivity contribution is 0.486. The third-order valence-corrected chi connectivity index (χ3v) is 16.2. The molecule has 3 aliphatic heterocycles. The Balaban J connectivity index is 1.26. The molecule has 0 radical (unpaired) electrons. The molecule has 3 heterocycles. The van der Waals surface area contributed by atoms with Gasteiger partial charge in [0, 0.05) is 21.2 Å². The molecule has 47 heavy (non-hydrogen) atoms. The van der Waals surface area contributed by atoms with Crippen LogP contribution in [0.4, 0.5) is 17.1 Å². The van der Waals surface area contributed by atoms with Crippen LogP contribution in [0.15, 0.2) is 180 Å². The van der Waals surface area contributed by atoms with Gasteiger partial charge in [0.1, 0.15) is 11.5 Å². The van der Waals surface area contributed by atoms with Crippen LogP contribution in [0.1, 0.15) is 0 Å². The third kappa shape index (κ3) is 3.75. The van der Waals surface area contributed by atoms with Gasteiger partial charge in [-0.05, 0) is 68.1 Å². The highest BCUT2D eigenvalue weighted by Gasteiger charge is 2.49. The molecule has 3 aliphatic rings. The van der Waals surface area contributed by atoms with E-state index >= 15 is 0 Å². The highest BCUT2D eigenvalue weighted by Crippen LogP contribution is 2.46. The predicted octanol–water partition coefficient (Wildman–Crippen LogP) is 5.93. The second-order valence-corrected chi connectivity index (χ2v) is 17.2. The highest BCUT2D eigenvalue weighted by molar-refractivity contribution is 8.00. The molecule has 0 aliphatic carbocycles. The van der Waals surface area contributed by atoms with Gasteiger partial charge in [0.05, 0.1) is 5.69 Å². The van der Waals surface area contributed by atoms with Gasteiger partial charge in [-0.3, -0.25) is 0 Å². The molecule has 0 unspecified atom stereocenters. The largest absolute Gasteiger partial charge is 0.458 e. The number of anilines is 3. The quantitative estimate of drug-likeness (QED) is 0.224. The number of hydrogen-bond donors (Lipinski definition) is 0. The van der Waals surface area contributed by atoms with E-state index in [0.29, 0.717) is 0 Å². The molecule has 10 rings (SSSR count). The standard InChI is InChI=1S/C42H28BNOSSi/c1-3-15-29(16-4-1)47(30-17-5-2-6-18-30)39-27-11-8-21-33(39)44(34-22-9-12-28-40(34)47)35-23-13-20-32-42(35)46-38-26-14-25-37-41(38)43(32)31-19-7-10-24-36(31)45-37/h1-28H. The number of fused-ring (bicyclic) bond motifs is 6. The van der Waals surface area contributed by atoms with E-state index in [4.69, 9.17) is 4.74 Å². The molecule has 5 heteroatoms. The van der Waals surface area contributed by atoms with Crippen LogP contribution in [0.3, 0.4) is 0 Å². The van der Waals surface area contributed by atoms with E-state index in [-0.39, 0.29) is 6.71 Å². The molecule has 0 saturated heterocycles. The van der Waals surface area contributed by atoms with Gasteiger partial charge in [0.15, 0.2) is 8.07 Å². The Labute approximate surface area is 280 Å². The molecular weight excluding hydrogens is 605 g/mol. The summed E-state index contributed by atoms with van der Waals surface area (Å²) in [5, 5.41) is 5.62. The topological polar surface area (TPSA) is 12.5 Å². The summed E-state index contributed by atoms with van der Waals surface area (Å²) in [5.74, 6) is 1.91. The maximum atomic E-state index is 6.47. The van der Waals surface area contributed by atoms with Crippen LogP contribution in [0.25, 0.3) is 0 Å². The molecule has 0 N–H and O–H groups in total. The van der Waals surface area contributed by atoms with E-state index < -0.39 is 8.07 Å². The minimum Gasteiger partial charge on any atom is -0.458 e. The fourth-order valence-corrected chi connectivity index (χ4v) is 14.6. The van der Waals surface area contributed by atoms with Crippen molar-refractivity contribution in [3.8, 4) is 11.5 Å². The van der Waals surface area contributed by atoms with E-state index in [9.17, 15) is 0 Å². The number of benzene rings is 7. The molecule has 220 valence electrons. The van der Waals surface area contributed by atoms with Crippen molar-refractivity contribution in [3.63, 3.8) is 0 Å². The zero-order valence-electron chi connectivity index (χ0n) is 25.5. The van der Waals surface area contributed by atoms with Crippen molar-refractivity contribution < 1.29 is 4.74 Å². The first-order valence-corrected chi connectivity index (χ1v) is 19.0. The van der Waals surface area contributed by atoms with Crippen LogP contribution in [0.5, 0.6) is 11.5 Å². The molecule has 0 bridgehead atoms. The fourth-order valence-electron chi connectivity index (χ4n) is 8.23. The van der Waals surface area contributed by atoms with Gasteiger partial charge in [-0.25, -0.2) is 0 Å². The van der Waals surface area contributed by atoms with Crippen LogP contribution in [0, 0.1) is 0 Å². The average Bonchev–Trinajstić information content (AvgIpc) is 3.14. The van der Waals surface area contributed by atoms with Crippen molar-refractivity contribution in [1.82, 2.24) is 0 Å². The number of rotatable bonds is 3. The van der Waals surface area contributed by atoms with Crippen molar-refractivity contribution in [3.05, 3.63) is 170 Å². The summed E-state index contributed by atoms with van der Waals surface area (Å²) in [6, 6.07) is 62.7. The Bertz CT molecular complexity index is 2260. The molecule has 0 atom stereocenters. The SMILES string of the molecule is c1ccc([Si]2(c3ccccc3)c3ccccc3N(c3cccc4c3Sc3cccc5c3B4c3ccccc3O5)c3ccccc32)cc1.